The topological polar surface area (TPSA) is 58.6 Å². The average molecular weight is 464 g/mol. The van der Waals surface area contributed by atoms with Gasteiger partial charge in [0.2, 0.25) is 5.95 Å². The number of ether oxygens (including phenoxy) is 1. The van der Waals surface area contributed by atoms with Crippen LogP contribution in [0, 0.1) is 23.6 Å². The van der Waals surface area contributed by atoms with Gasteiger partial charge in [-0.05, 0) is 48.8 Å². The SMILES string of the molecule is COC(=O)CC1[C@H]2CN(c3nc(N4CCC4C)nc(C(F)(F)F)c3-c3ccc(F)cc3)C[C@@H]12. The predicted octanol–water partition coefficient (Wildman–Crippen LogP) is 4.15. The zero-order chi connectivity index (χ0) is 23.5. The molecule has 2 unspecified atom stereocenters. The molecule has 1 aromatic heterocycles. The minimum atomic E-state index is -4.71. The second kappa shape index (κ2) is 7.85. The summed E-state index contributed by atoms with van der Waals surface area (Å²) in [4.78, 5) is 23.8. The highest BCUT2D eigenvalue weighted by atomic mass is 19.4. The van der Waals surface area contributed by atoms with Gasteiger partial charge in [0.25, 0.3) is 0 Å². The normalized spacial score (nSPS) is 26.1. The van der Waals surface area contributed by atoms with E-state index in [4.69, 9.17) is 4.74 Å². The number of hydrogen-bond acceptors (Lipinski definition) is 6. The summed E-state index contributed by atoms with van der Waals surface area (Å²) in [5, 5.41) is 0. The third kappa shape index (κ3) is 3.89. The van der Waals surface area contributed by atoms with E-state index in [1.54, 1.807) is 4.90 Å². The number of carbonyl (C=O) groups is 1. The number of nitrogens with zero attached hydrogens (tertiary/aromatic N) is 4. The molecule has 3 aliphatic rings. The van der Waals surface area contributed by atoms with Crippen LogP contribution in [0.3, 0.4) is 0 Å². The minimum absolute atomic E-state index is 0.0621. The maximum Gasteiger partial charge on any atom is 0.434 e. The Morgan fingerprint density at radius 1 is 1.15 bits per heavy atom. The molecular weight excluding hydrogens is 440 g/mol. The van der Waals surface area contributed by atoms with Crippen LogP contribution in [-0.4, -0.2) is 48.7 Å². The van der Waals surface area contributed by atoms with Gasteiger partial charge < -0.3 is 14.5 Å². The second-order valence-electron chi connectivity index (χ2n) is 9.08. The molecule has 33 heavy (non-hydrogen) atoms. The van der Waals surface area contributed by atoms with Crippen molar-refractivity contribution in [3.63, 3.8) is 0 Å². The van der Waals surface area contributed by atoms with Crippen molar-refractivity contribution in [1.29, 1.82) is 0 Å². The standard InChI is InChI=1S/C23H24F4N4O2/c1-12-7-8-31(12)22-28-20(23(25,26)27)19(13-3-5-14(24)6-4-13)21(29-22)30-10-16-15(17(16)11-30)9-18(32)33-2/h3-6,12,15-17H,7-11H2,1-2H3/t12?,15?,16-,17+. The predicted molar refractivity (Wildman–Crippen MR) is 113 cm³/mol. The van der Waals surface area contributed by atoms with Gasteiger partial charge in [-0.25, -0.2) is 9.37 Å². The zero-order valence-corrected chi connectivity index (χ0v) is 18.3. The van der Waals surface area contributed by atoms with Gasteiger partial charge in [-0.15, -0.1) is 0 Å². The molecule has 2 aromatic rings. The van der Waals surface area contributed by atoms with Gasteiger partial charge in [-0.2, -0.15) is 18.2 Å². The lowest BCUT2D eigenvalue weighted by Crippen LogP contribution is -2.47. The van der Waals surface area contributed by atoms with Crippen molar-refractivity contribution < 1.29 is 27.1 Å². The number of aromatic nitrogens is 2. The first-order valence-electron chi connectivity index (χ1n) is 11.0. The summed E-state index contributed by atoms with van der Waals surface area (Å²) in [6, 6.07) is 4.99. The highest BCUT2D eigenvalue weighted by Gasteiger charge is 2.57. The quantitative estimate of drug-likeness (QED) is 0.490. The Bertz CT molecular complexity index is 1060. The largest absolute Gasteiger partial charge is 0.469 e. The first-order valence-corrected chi connectivity index (χ1v) is 11.0. The molecule has 1 aliphatic carbocycles. The fourth-order valence-electron chi connectivity index (χ4n) is 5.10. The van der Waals surface area contributed by atoms with Gasteiger partial charge in [-0.1, -0.05) is 12.1 Å². The van der Waals surface area contributed by atoms with Gasteiger partial charge in [0, 0.05) is 32.1 Å². The van der Waals surface area contributed by atoms with Crippen molar-refractivity contribution in [2.75, 3.05) is 36.5 Å². The number of carbonyl (C=O) groups excluding carboxylic acids is 1. The molecule has 3 heterocycles. The minimum Gasteiger partial charge on any atom is -0.469 e. The molecule has 5 rings (SSSR count). The van der Waals surface area contributed by atoms with E-state index in [2.05, 4.69) is 9.97 Å². The molecule has 4 atom stereocenters. The van der Waals surface area contributed by atoms with Crippen LogP contribution in [0.2, 0.25) is 0 Å². The average Bonchev–Trinajstić information content (AvgIpc) is 3.19. The van der Waals surface area contributed by atoms with Crippen LogP contribution in [0.5, 0.6) is 0 Å². The first-order chi connectivity index (χ1) is 15.7. The van der Waals surface area contributed by atoms with Crippen LogP contribution in [0.1, 0.15) is 25.5 Å². The number of benzene rings is 1. The highest BCUT2D eigenvalue weighted by molar-refractivity contribution is 5.80. The lowest BCUT2D eigenvalue weighted by atomic mass is 10.0. The zero-order valence-electron chi connectivity index (χ0n) is 18.3. The number of methoxy groups -OCH3 is 1. The van der Waals surface area contributed by atoms with Gasteiger partial charge >= 0.3 is 12.1 Å². The van der Waals surface area contributed by atoms with Crippen molar-refractivity contribution in [3.8, 4) is 11.1 Å². The molecule has 0 amide bonds. The van der Waals surface area contributed by atoms with E-state index in [9.17, 15) is 22.4 Å². The van der Waals surface area contributed by atoms with E-state index in [1.165, 1.54) is 19.2 Å². The number of fused-ring (bicyclic) bond motifs is 1. The summed E-state index contributed by atoms with van der Waals surface area (Å²) < 4.78 is 60.9. The van der Waals surface area contributed by atoms with Crippen molar-refractivity contribution in [1.82, 2.24) is 9.97 Å². The molecule has 176 valence electrons. The van der Waals surface area contributed by atoms with E-state index in [0.29, 0.717) is 26.1 Å². The van der Waals surface area contributed by atoms with Crippen LogP contribution >= 0.6 is 0 Å². The van der Waals surface area contributed by atoms with Gasteiger partial charge in [0.1, 0.15) is 11.6 Å². The molecule has 1 aromatic carbocycles. The molecular formula is C23H24F4N4O2. The molecule has 0 N–H and O–H groups in total. The van der Waals surface area contributed by atoms with E-state index < -0.39 is 17.7 Å². The molecule has 0 spiro atoms. The monoisotopic (exact) mass is 464 g/mol. The van der Waals surface area contributed by atoms with Crippen LogP contribution in [0.4, 0.5) is 29.3 Å². The van der Waals surface area contributed by atoms with Crippen molar-refractivity contribution in [3.05, 3.63) is 35.8 Å². The molecule has 0 bridgehead atoms. The molecule has 2 saturated heterocycles. The van der Waals surface area contributed by atoms with Crippen molar-refractivity contribution >= 4 is 17.7 Å². The van der Waals surface area contributed by atoms with Crippen LogP contribution in [0.15, 0.2) is 24.3 Å². The van der Waals surface area contributed by atoms with E-state index in [-0.39, 0.29) is 52.7 Å². The molecule has 2 aliphatic heterocycles. The number of esters is 1. The summed E-state index contributed by atoms with van der Waals surface area (Å²) in [5.41, 5.74) is -0.932. The Morgan fingerprint density at radius 2 is 1.82 bits per heavy atom. The fourth-order valence-corrected chi connectivity index (χ4v) is 5.10. The lowest BCUT2D eigenvalue weighted by molar-refractivity contribution is -0.141. The Balaban J connectivity index is 1.56. The third-order valence-corrected chi connectivity index (χ3v) is 7.16. The number of alkyl halides is 3. The second-order valence-corrected chi connectivity index (χ2v) is 9.08. The number of hydrogen-bond donors (Lipinski definition) is 0. The van der Waals surface area contributed by atoms with Crippen molar-refractivity contribution in [2.45, 2.75) is 32.0 Å². The van der Waals surface area contributed by atoms with Crippen LogP contribution in [-0.2, 0) is 15.7 Å². The number of anilines is 2. The summed E-state index contributed by atoms with van der Waals surface area (Å²) in [5.74, 6) is 0.0661. The fraction of sp³-hybridized carbons (Fsp3) is 0.522. The lowest BCUT2D eigenvalue weighted by Gasteiger charge is -2.39. The number of halogens is 4. The summed E-state index contributed by atoms with van der Waals surface area (Å²) in [7, 11) is 1.35. The van der Waals surface area contributed by atoms with E-state index in [1.807, 2.05) is 11.8 Å². The molecule has 10 heteroatoms. The van der Waals surface area contributed by atoms with Gasteiger partial charge in [0.05, 0.1) is 12.7 Å². The molecule has 0 radical (unpaired) electrons. The van der Waals surface area contributed by atoms with Crippen LogP contribution in [0.25, 0.3) is 11.1 Å². The number of piperidine rings is 1. The van der Waals surface area contributed by atoms with Crippen molar-refractivity contribution in [2.24, 2.45) is 17.8 Å². The Hall–Kier alpha value is -2.91. The maximum absolute atomic E-state index is 14.2. The van der Waals surface area contributed by atoms with Gasteiger partial charge in [-0.3, -0.25) is 4.79 Å². The Morgan fingerprint density at radius 3 is 2.33 bits per heavy atom. The van der Waals surface area contributed by atoms with Crippen LogP contribution < -0.4 is 9.80 Å². The Labute approximate surface area is 188 Å². The third-order valence-electron chi connectivity index (χ3n) is 7.16. The summed E-state index contributed by atoms with van der Waals surface area (Å²) in [6.07, 6.45) is -3.53. The summed E-state index contributed by atoms with van der Waals surface area (Å²) in [6.45, 7) is 3.53. The first kappa shape index (κ1) is 21.9. The molecule has 6 nitrogen and oxygen atoms in total. The Kier molecular flexibility index (Phi) is 5.21. The maximum atomic E-state index is 14.2. The van der Waals surface area contributed by atoms with E-state index >= 15 is 0 Å². The number of rotatable bonds is 5. The summed E-state index contributed by atoms with van der Waals surface area (Å²) >= 11 is 0. The van der Waals surface area contributed by atoms with Gasteiger partial charge in [0.15, 0.2) is 5.69 Å². The highest BCUT2D eigenvalue weighted by Crippen LogP contribution is 2.55. The van der Waals surface area contributed by atoms with E-state index in [0.717, 1.165) is 18.6 Å². The smallest absolute Gasteiger partial charge is 0.434 e. The molecule has 1 saturated carbocycles. The molecule has 3 fully saturated rings.